The van der Waals surface area contributed by atoms with Crippen molar-refractivity contribution in [2.75, 3.05) is 0 Å². The minimum Gasteiger partial charge on any atom is -0.201 e. The fourth-order valence-corrected chi connectivity index (χ4v) is 2.90. The fourth-order valence-electron chi connectivity index (χ4n) is 2.38. The van der Waals surface area contributed by atoms with Gasteiger partial charge in [0, 0.05) is 27.7 Å². The molecule has 0 aliphatic heterocycles. The van der Waals surface area contributed by atoms with Crippen LogP contribution in [0.2, 0.25) is 10.0 Å². The van der Waals surface area contributed by atoms with Crippen molar-refractivity contribution in [3.63, 3.8) is 0 Å². The highest BCUT2D eigenvalue weighted by Gasteiger charge is 2.07. The summed E-state index contributed by atoms with van der Waals surface area (Å²) in [4.78, 5) is 0. The lowest BCUT2D eigenvalue weighted by Gasteiger charge is -2.03. The first-order valence-electron chi connectivity index (χ1n) is 6.66. The summed E-state index contributed by atoms with van der Waals surface area (Å²) in [5, 5.41) is 2.51. The number of benzene rings is 2. The lowest BCUT2D eigenvalue weighted by molar-refractivity contribution is -0.644. The molecular formula is C18H14Cl2N+. The summed E-state index contributed by atoms with van der Waals surface area (Å²) >= 11 is 12.4. The van der Waals surface area contributed by atoms with Crippen molar-refractivity contribution in [2.24, 2.45) is 7.05 Å². The van der Waals surface area contributed by atoms with E-state index in [2.05, 4.69) is 35.0 Å². The molecule has 0 atom stereocenters. The normalized spacial score (nSPS) is 11.4. The van der Waals surface area contributed by atoms with Crippen molar-refractivity contribution >= 4 is 46.3 Å². The second kappa shape index (κ2) is 5.88. The number of hydrogen-bond acceptors (Lipinski definition) is 0. The summed E-state index contributed by atoms with van der Waals surface area (Å²) in [5.41, 5.74) is 3.17. The summed E-state index contributed by atoms with van der Waals surface area (Å²) in [7, 11) is 2.04. The third-order valence-corrected chi connectivity index (χ3v) is 4.16. The molecule has 0 unspecified atom stereocenters. The quantitative estimate of drug-likeness (QED) is 0.576. The first kappa shape index (κ1) is 14.1. The molecule has 0 aliphatic rings. The first-order valence-corrected chi connectivity index (χ1v) is 7.42. The number of nitrogens with zero attached hydrogens (tertiary/aromatic N) is 1. The number of aromatic nitrogens is 1. The van der Waals surface area contributed by atoms with Crippen LogP contribution in [0.3, 0.4) is 0 Å². The van der Waals surface area contributed by atoms with E-state index in [-0.39, 0.29) is 0 Å². The molecule has 3 rings (SSSR count). The monoisotopic (exact) mass is 314 g/mol. The third-order valence-electron chi connectivity index (χ3n) is 3.50. The number of hydrogen-bond donors (Lipinski definition) is 0. The highest BCUT2D eigenvalue weighted by atomic mass is 35.5. The summed E-state index contributed by atoms with van der Waals surface area (Å²) < 4.78 is 2.11. The number of fused-ring (bicyclic) bond motifs is 1. The Morgan fingerprint density at radius 2 is 1.57 bits per heavy atom. The predicted octanol–water partition coefficient (Wildman–Crippen LogP) is 5.14. The van der Waals surface area contributed by atoms with Gasteiger partial charge in [0.2, 0.25) is 5.52 Å². The van der Waals surface area contributed by atoms with Crippen molar-refractivity contribution in [3.8, 4) is 0 Å². The lowest BCUT2D eigenvalue weighted by atomic mass is 10.1. The molecule has 2 aromatic carbocycles. The van der Waals surface area contributed by atoms with Crippen LogP contribution in [0.25, 0.3) is 23.1 Å². The van der Waals surface area contributed by atoms with E-state index in [0.717, 1.165) is 11.1 Å². The average Bonchev–Trinajstić information content (AvgIpc) is 2.49. The van der Waals surface area contributed by atoms with Crippen molar-refractivity contribution in [2.45, 2.75) is 0 Å². The van der Waals surface area contributed by atoms with Crippen molar-refractivity contribution in [3.05, 3.63) is 75.9 Å². The molecule has 3 heteroatoms. The number of pyridine rings is 1. The first-order chi connectivity index (χ1) is 10.2. The zero-order valence-electron chi connectivity index (χ0n) is 11.6. The van der Waals surface area contributed by atoms with Crippen LogP contribution in [-0.4, -0.2) is 0 Å². The van der Waals surface area contributed by atoms with Gasteiger partial charge in [0.1, 0.15) is 7.05 Å². The van der Waals surface area contributed by atoms with Crippen molar-refractivity contribution < 1.29 is 4.57 Å². The molecule has 0 bridgehead atoms. The van der Waals surface area contributed by atoms with Gasteiger partial charge in [-0.25, -0.2) is 4.57 Å². The Morgan fingerprint density at radius 3 is 2.33 bits per heavy atom. The van der Waals surface area contributed by atoms with E-state index in [1.165, 1.54) is 10.9 Å². The molecule has 1 nitrogen and oxygen atoms in total. The summed E-state index contributed by atoms with van der Waals surface area (Å²) in [6, 6.07) is 15.9. The maximum atomic E-state index is 6.20. The molecule has 0 N–H and O–H groups in total. The number of rotatable bonds is 2. The Kier molecular flexibility index (Phi) is 3.96. The second-order valence-corrected chi connectivity index (χ2v) is 5.68. The van der Waals surface area contributed by atoms with Crippen LogP contribution in [0.5, 0.6) is 0 Å². The Labute approximate surface area is 134 Å². The molecular weight excluding hydrogens is 301 g/mol. The molecule has 0 spiro atoms. The number of aryl methyl sites for hydroxylation is 1. The average molecular weight is 315 g/mol. The largest absolute Gasteiger partial charge is 0.212 e. The molecule has 0 saturated carbocycles. The SMILES string of the molecule is C[n+]1ccc(C=Cc2c(Cl)cccc2Cl)c2ccccc21. The van der Waals surface area contributed by atoms with Crippen molar-refractivity contribution in [1.29, 1.82) is 0 Å². The predicted molar refractivity (Wildman–Crippen MR) is 90.5 cm³/mol. The third kappa shape index (κ3) is 2.80. The molecule has 0 saturated heterocycles. The fraction of sp³-hybridized carbons (Fsp3) is 0.0556. The molecule has 0 aliphatic carbocycles. The van der Waals surface area contributed by atoms with E-state index < -0.39 is 0 Å². The van der Waals surface area contributed by atoms with E-state index in [0.29, 0.717) is 10.0 Å². The van der Waals surface area contributed by atoms with Crippen LogP contribution in [0.15, 0.2) is 54.7 Å². The van der Waals surface area contributed by atoms with Gasteiger partial charge >= 0.3 is 0 Å². The standard InChI is InChI=1S/C18H14Cl2N/c1-21-12-11-13(14-5-2-3-8-18(14)21)9-10-15-16(19)6-4-7-17(15)20/h2-12H,1H3/q+1. The van der Waals surface area contributed by atoms with E-state index in [1.54, 1.807) is 0 Å². The molecule has 104 valence electrons. The highest BCUT2D eigenvalue weighted by Crippen LogP contribution is 2.27. The molecule has 1 heterocycles. The maximum absolute atomic E-state index is 6.20. The van der Waals surface area contributed by atoms with E-state index in [1.807, 2.05) is 43.5 Å². The summed E-state index contributed by atoms with van der Waals surface area (Å²) in [5.74, 6) is 0. The van der Waals surface area contributed by atoms with Gasteiger partial charge in [-0.05, 0) is 23.8 Å². The van der Waals surface area contributed by atoms with Crippen LogP contribution >= 0.6 is 23.2 Å². The Morgan fingerprint density at radius 1 is 0.857 bits per heavy atom. The van der Waals surface area contributed by atoms with Crippen LogP contribution < -0.4 is 4.57 Å². The maximum Gasteiger partial charge on any atom is 0.212 e. The van der Waals surface area contributed by atoms with E-state index in [9.17, 15) is 0 Å². The molecule has 0 radical (unpaired) electrons. The molecule has 0 amide bonds. The zero-order chi connectivity index (χ0) is 14.8. The van der Waals surface area contributed by atoms with Crippen LogP contribution in [-0.2, 0) is 7.05 Å². The summed E-state index contributed by atoms with van der Waals surface area (Å²) in [6.45, 7) is 0. The zero-order valence-corrected chi connectivity index (χ0v) is 13.1. The van der Waals surface area contributed by atoms with Crippen LogP contribution in [0, 0.1) is 0 Å². The highest BCUT2D eigenvalue weighted by molar-refractivity contribution is 6.37. The lowest BCUT2D eigenvalue weighted by Crippen LogP contribution is -2.28. The van der Waals surface area contributed by atoms with Crippen LogP contribution in [0.1, 0.15) is 11.1 Å². The Bertz CT molecular complexity index is 817. The Balaban J connectivity index is 2.10. The minimum atomic E-state index is 0.657. The Hall–Kier alpha value is -1.83. The van der Waals surface area contributed by atoms with E-state index in [4.69, 9.17) is 23.2 Å². The summed E-state index contributed by atoms with van der Waals surface area (Å²) in [6.07, 6.45) is 6.07. The van der Waals surface area contributed by atoms with Gasteiger partial charge in [-0.3, -0.25) is 0 Å². The van der Waals surface area contributed by atoms with Gasteiger partial charge in [-0.1, -0.05) is 53.6 Å². The van der Waals surface area contributed by atoms with Crippen LogP contribution in [0.4, 0.5) is 0 Å². The van der Waals surface area contributed by atoms with Gasteiger partial charge in [0.25, 0.3) is 0 Å². The smallest absolute Gasteiger partial charge is 0.201 e. The van der Waals surface area contributed by atoms with Crippen molar-refractivity contribution in [1.82, 2.24) is 0 Å². The van der Waals surface area contributed by atoms with Gasteiger partial charge in [0.05, 0.1) is 5.39 Å². The topological polar surface area (TPSA) is 3.88 Å². The molecule has 1 aromatic heterocycles. The second-order valence-electron chi connectivity index (χ2n) is 4.87. The van der Waals surface area contributed by atoms with E-state index >= 15 is 0 Å². The van der Waals surface area contributed by atoms with Gasteiger partial charge in [-0.2, -0.15) is 0 Å². The molecule has 0 fully saturated rings. The number of para-hydroxylation sites is 1. The molecule has 3 aromatic rings. The van der Waals surface area contributed by atoms with Gasteiger partial charge < -0.3 is 0 Å². The number of halogens is 2. The van der Waals surface area contributed by atoms with Gasteiger partial charge in [-0.15, -0.1) is 0 Å². The minimum absolute atomic E-state index is 0.657. The molecule has 21 heavy (non-hydrogen) atoms. The van der Waals surface area contributed by atoms with Gasteiger partial charge in [0.15, 0.2) is 6.20 Å².